The van der Waals surface area contributed by atoms with Crippen LogP contribution in [0, 0.1) is 0 Å². The molecule has 0 N–H and O–H groups in total. The van der Waals surface area contributed by atoms with E-state index in [2.05, 4.69) is 128 Å². The van der Waals surface area contributed by atoms with Gasteiger partial charge in [0.2, 0.25) is 0 Å². The first-order valence-corrected chi connectivity index (χ1v) is 11.9. The topological polar surface area (TPSA) is 6.48 Å². The van der Waals surface area contributed by atoms with Gasteiger partial charge in [-0.25, -0.2) is 0 Å². The fraction of sp³-hybridized carbons (Fsp3) is 0.300. The van der Waals surface area contributed by atoms with E-state index in [9.17, 15) is 0 Å². The molecule has 0 heterocycles. The SMILES string of the molecule is CCN(CC)c1ccc(C=CC2=C=CC(/C=C\c3ccc(N(CC)CC)cc3)=CC2)cc1. The molecule has 0 radical (unpaired) electrons. The van der Waals surface area contributed by atoms with Crippen LogP contribution in [-0.4, -0.2) is 26.2 Å². The second-order valence-corrected chi connectivity index (χ2v) is 7.92. The summed E-state index contributed by atoms with van der Waals surface area (Å²) in [6.07, 6.45) is 13.9. The van der Waals surface area contributed by atoms with Gasteiger partial charge in [-0.1, -0.05) is 54.6 Å². The van der Waals surface area contributed by atoms with Crippen LogP contribution in [0.2, 0.25) is 0 Å². The second-order valence-electron chi connectivity index (χ2n) is 7.92. The van der Waals surface area contributed by atoms with Gasteiger partial charge < -0.3 is 9.80 Å². The number of rotatable bonds is 10. The Hall–Kier alpha value is -3.22. The normalized spacial score (nSPS) is 13.5. The zero-order chi connectivity index (χ0) is 22.8. The van der Waals surface area contributed by atoms with Gasteiger partial charge in [0.1, 0.15) is 0 Å². The van der Waals surface area contributed by atoms with Crippen molar-refractivity contribution in [2.75, 3.05) is 36.0 Å². The van der Waals surface area contributed by atoms with E-state index in [1.807, 2.05) is 0 Å². The summed E-state index contributed by atoms with van der Waals surface area (Å²) in [5.41, 5.74) is 10.9. The highest BCUT2D eigenvalue weighted by Crippen LogP contribution is 2.20. The van der Waals surface area contributed by atoms with E-state index in [-0.39, 0.29) is 0 Å². The van der Waals surface area contributed by atoms with Gasteiger partial charge in [0.05, 0.1) is 0 Å². The Morgan fingerprint density at radius 2 is 1.12 bits per heavy atom. The molecule has 0 saturated carbocycles. The highest BCUT2D eigenvalue weighted by Gasteiger charge is 2.02. The minimum absolute atomic E-state index is 0.908. The van der Waals surface area contributed by atoms with Crippen molar-refractivity contribution in [1.82, 2.24) is 0 Å². The summed E-state index contributed by atoms with van der Waals surface area (Å²) < 4.78 is 0. The lowest BCUT2D eigenvalue weighted by molar-refractivity contribution is 0.866. The molecule has 2 heteroatoms. The van der Waals surface area contributed by atoms with Gasteiger partial charge in [-0.3, -0.25) is 0 Å². The minimum Gasteiger partial charge on any atom is -0.372 e. The monoisotopic (exact) mass is 424 g/mol. The predicted octanol–water partition coefficient (Wildman–Crippen LogP) is 7.52. The fourth-order valence-electron chi connectivity index (χ4n) is 3.91. The van der Waals surface area contributed by atoms with Crippen molar-refractivity contribution in [2.45, 2.75) is 34.1 Å². The molecule has 0 amide bonds. The van der Waals surface area contributed by atoms with Gasteiger partial charge in [0.25, 0.3) is 0 Å². The minimum atomic E-state index is 0.908. The van der Waals surface area contributed by atoms with Crippen LogP contribution < -0.4 is 9.80 Å². The molecule has 0 unspecified atom stereocenters. The highest BCUT2D eigenvalue weighted by atomic mass is 15.1. The zero-order valence-corrected chi connectivity index (χ0v) is 20.0. The summed E-state index contributed by atoms with van der Waals surface area (Å²) >= 11 is 0. The Bertz CT molecular complexity index is 1010. The van der Waals surface area contributed by atoms with Crippen LogP contribution in [0.25, 0.3) is 12.2 Å². The third-order valence-corrected chi connectivity index (χ3v) is 5.97. The molecule has 0 fully saturated rings. The van der Waals surface area contributed by atoms with Crippen molar-refractivity contribution in [3.8, 4) is 0 Å². The van der Waals surface area contributed by atoms with Gasteiger partial charge in [-0.2, -0.15) is 0 Å². The molecule has 0 atom stereocenters. The van der Waals surface area contributed by atoms with E-state index in [4.69, 9.17) is 0 Å². The number of allylic oxidation sites excluding steroid dienone is 5. The first kappa shape index (κ1) is 23.4. The average Bonchev–Trinajstić information content (AvgIpc) is 2.85. The lowest BCUT2D eigenvalue weighted by Gasteiger charge is -2.20. The van der Waals surface area contributed by atoms with Crippen molar-refractivity contribution in [1.29, 1.82) is 0 Å². The molecule has 0 bridgehead atoms. The van der Waals surface area contributed by atoms with Gasteiger partial charge in [-0.05, 0) is 86.7 Å². The first-order chi connectivity index (χ1) is 15.7. The highest BCUT2D eigenvalue weighted by molar-refractivity contribution is 5.61. The van der Waals surface area contributed by atoms with Gasteiger partial charge in [0.15, 0.2) is 0 Å². The Balaban J connectivity index is 1.59. The molecule has 1 aliphatic rings. The molecular weight excluding hydrogens is 388 g/mol. The van der Waals surface area contributed by atoms with Crippen molar-refractivity contribution < 1.29 is 0 Å². The van der Waals surface area contributed by atoms with E-state index in [0.29, 0.717) is 0 Å². The number of nitrogens with zero attached hydrogens (tertiary/aromatic N) is 2. The molecule has 2 aromatic rings. The lowest BCUT2D eigenvalue weighted by atomic mass is 10.0. The summed E-state index contributed by atoms with van der Waals surface area (Å²) in [6, 6.07) is 17.6. The van der Waals surface area contributed by atoms with Gasteiger partial charge >= 0.3 is 0 Å². The number of hydrogen-bond acceptors (Lipinski definition) is 2. The summed E-state index contributed by atoms with van der Waals surface area (Å²) in [7, 11) is 0. The standard InChI is InChI=1S/C30H36N2/c1-5-31(6-2)29-21-17-27(18-22-29)15-13-25-9-11-26(12-10-25)14-16-28-19-23-30(24-20-28)32(7-3)8-4/h9-10,13-24H,5-8,11H2,1-4H3/b15-13-,16-14?. The smallest absolute Gasteiger partial charge is 0.0366 e. The van der Waals surface area contributed by atoms with E-state index in [0.717, 1.165) is 32.6 Å². The molecule has 0 aromatic heterocycles. The predicted molar refractivity (Wildman–Crippen MR) is 142 cm³/mol. The van der Waals surface area contributed by atoms with Crippen LogP contribution in [-0.2, 0) is 0 Å². The van der Waals surface area contributed by atoms with Crippen molar-refractivity contribution in [3.05, 3.63) is 101 Å². The molecule has 2 nitrogen and oxygen atoms in total. The summed E-state index contributed by atoms with van der Waals surface area (Å²) in [5, 5.41) is 0. The Labute approximate surface area is 194 Å². The van der Waals surface area contributed by atoms with Crippen molar-refractivity contribution in [2.24, 2.45) is 0 Å². The number of benzene rings is 2. The first-order valence-electron chi connectivity index (χ1n) is 11.9. The third kappa shape index (κ3) is 6.39. The summed E-state index contributed by atoms with van der Waals surface area (Å²) in [5.74, 6) is 0. The Morgan fingerprint density at radius 3 is 1.53 bits per heavy atom. The summed E-state index contributed by atoms with van der Waals surface area (Å²) in [6.45, 7) is 12.9. The third-order valence-electron chi connectivity index (χ3n) is 5.97. The molecule has 3 rings (SSSR count). The maximum Gasteiger partial charge on any atom is 0.0366 e. The molecule has 1 aliphatic carbocycles. The van der Waals surface area contributed by atoms with Crippen molar-refractivity contribution in [3.63, 3.8) is 0 Å². The largest absolute Gasteiger partial charge is 0.372 e. The average molecular weight is 425 g/mol. The lowest BCUT2D eigenvalue weighted by Crippen LogP contribution is -2.21. The maximum atomic E-state index is 3.43. The van der Waals surface area contributed by atoms with Crippen LogP contribution in [0.3, 0.4) is 0 Å². The maximum absolute atomic E-state index is 3.43. The Kier molecular flexibility index (Phi) is 8.78. The number of anilines is 2. The van der Waals surface area contributed by atoms with Crippen LogP contribution in [0.1, 0.15) is 45.2 Å². The quantitative estimate of drug-likeness (QED) is 0.364. The van der Waals surface area contributed by atoms with Crippen molar-refractivity contribution >= 4 is 23.5 Å². The molecule has 0 saturated heterocycles. The van der Waals surface area contributed by atoms with Gasteiger partial charge in [0, 0.05) is 37.6 Å². The molecule has 2 aromatic carbocycles. The van der Waals surface area contributed by atoms with Crippen LogP contribution in [0.4, 0.5) is 11.4 Å². The van der Waals surface area contributed by atoms with Gasteiger partial charge in [-0.15, -0.1) is 5.73 Å². The molecule has 32 heavy (non-hydrogen) atoms. The molecule has 0 aliphatic heterocycles. The van der Waals surface area contributed by atoms with Crippen LogP contribution in [0.15, 0.2) is 89.7 Å². The zero-order valence-electron chi connectivity index (χ0n) is 20.0. The molecule has 166 valence electrons. The van der Waals surface area contributed by atoms with E-state index in [1.54, 1.807) is 0 Å². The van der Waals surface area contributed by atoms with E-state index < -0.39 is 0 Å². The second kappa shape index (κ2) is 12.0. The van der Waals surface area contributed by atoms with E-state index in [1.165, 1.54) is 33.6 Å². The molecule has 0 spiro atoms. The van der Waals surface area contributed by atoms with Crippen LogP contribution in [0.5, 0.6) is 0 Å². The Morgan fingerprint density at radius 1 is 0.656 bits per heavy atom. The summed E-state index contributed by atoms with van der Waals surface area (Å²) in [4.78, 5) is 4.72. The van der Waals surface area contributed by atoms with E-state index >= 15 is 0 Å². The number of hydrogen-bond donors (Lipinski definition) is 0. The van der Waals surface area contributed by atoms with Crippen LogP contribution >= 0.6 is 0 Å². The molecular formula is C30H36N2. The fourth-order valence-corrected chi connectivity index (χ4v) is 3.91.